The third-order valence-corrected chi connectivity index (χ3v) is 1.96. The highest BCUT2D eigenvalue weighted by atomic mass is 16.7. The first kappa shape index (κ1) is 10.4. The molecule has 3 heteroatoms. The molecule has 0 unspecified atom stereocenters. The molecule has 3 nitrogen and oxygen atoms in total. The summed E-state index contributed by atoms with van der Waals surface area (Å²) in [5.41, 5.74) is 0. The largest absolute Gasteiger partial charge is 0.347 e. The molecule has 0 spiro atoms. The number of hydrogen-bond acceptors (Lipinski definition) is 3. The minimum atomic E-state index is -0.655. The van der Waals surface area contributed by atoms with E-state index in [1.165, 1.54) is 0 Å². The van der Waals surface area contributed by atoms with Crippen LogP contribution in [0.2, 0.25) is 0 Å². The Morgan fingerprint density at radius 3 is 2.77 bits per heavy atom. The summed E-state index contributed by atoms with van der Waals surface area (Å²) in [6.07, 6.45) is 3.73. The molecule has 0 bridgehead atoms. The van der Waals surface area contributed by atoms with Gasteiger partial charge in [-0.3, -0.25) is 0 Å². The molecule has 13 heavy (non-hydrogen) atoms. The molecule has 1 fully saturated rings. The Bertz CT molecular complexity index is 198. The van der Waals surface area contributed by atoms with Gasteiger partial charge in [0, 0.05) is 6.42 Å². The van der Waals surface area contributed by atoms with Crippen molar-refractivity contribution in [3.8, 4) is 0 Å². The van der Waals surface area contributed by atoms with Crippen LogP contribution in [-0.4, -0.2) is 24.3 Å². The van der Waals surface area contributed by atoms with E-state index < -0.39 is 5.79 Å². The maximum atomic E-state index is 10.6. The van der Waals surface area contributed by atoms with Crippen molar-refractivity contribution in [2.75, 3.05) is 0 Å². The second-order valence-corrected chi connectivity index (χ2v) is 3.69. The Kier molecular flexibility index (Phi) is 3.22. The molecule has 0 aliphatic carbocycles. The molecule has 1 saturated heterocycles. The lowest BCUT2D eigenvalue weighted by Gasteiger charge is -2.38. The van der Waals surface area contributed by atoms with E-state index in [9.17, 15) is 4.79 Å². The van der Waals surface area contributed by atoms with Gasteiger partial charge < -0.3 is 14.3 Å². The van der Waals surface area contributed by atoms with E-state index in [1.807, 2.05) is 13.8 Å². The minimum Gasteiger partial charge on any atom is -0.347 e. The summed E-state index contributed by atoms with van der Waals surface area (Å²) < 4.78 is 11.0. The lowest BCUT2D eigenvalue weighted by Crippen LogP contribution is -2.45. The van der Waals surface area contributed by atoms with Crippen molar-refractivity contribution in [3.63, 3.8) is 0 Å². The van der Waals surface area contributed by atoms with Gasteiger partial charge in [0.2, 0.25) is 0 Å². The zero-order valence-electron chi connectivity index (χ0n) is 8.16. The maximum Gasteiger partial charge on any atom is 0.164 e. The van der Waals surface area contributed by atoms with Crippen LogP contribution in [0, 0.1) is 0 Å². The van der Waals surface area contributed by atoms with Gasteiger partial charge in [0.15, 0.2) is 5.79 Å². The van der Waals surface area contributed by atoms with Crippen LogP contribution in [0.1, 0.15) is 26.7 Å². The molecule has 74 valence electrons. The van der Waals surface area contributed by atoms with Crippen molar-refractivity contribution in [1.29, 1.82) is 0 Å². The van der Waals surface area contributed by atoms with E-state index in [0.717, 1.165) is 12.7 Å². The lowest BCUT2D eigenvalue weighted by atomic mass is 10.1. The van der Waals surface area contributed by atoms with Crippen molar-refractivity contribution in [2.24, 2.45) is 0 Å². The monoisotopic (exact) mass is 184 g/mol. The molecule has 2 atom stereocenters. The molecule has 0 aromatic rings. The summed E-state index contributed by atoms with van der Waals surface area (Å²) in [5.74, 6) is -0.655. The van der Waals surface area contributed by atoms with Crippen molar-refractivity contribution >= 4 is 6.29 Å². The first-order valence-corrected chi connectivity index (χ1v) is 4.49. The van der Waals surface area contributed by atoms with Gasteiger partial charge in [0.1, 0.15) is 12.4 Å². The number of rotatable bonds is 3. The molecule has 0 N–H and O–H groups in total. The topological polar surface area (TPSA) is 35.5 Å². The standard InChI is InChI=1S/C10H16O3/c1-4-5-8-6-9(7-11)13-10(2,3)12-8/h4,7-9H,1,5-6H2,2-3H3/t8-,9-/m0/s1. The molecule has 1 rings (SSSR count). The van der Waals surface area contributed by atoms with Crippen LogP contribution < -0.4 is 0 Å². The SMILES string of the molecule is C=CC[C@H]1C[C@@H](C=O)OC(C)(C)O1. The Morgan fingerprint density at radius 1 is 1.54 bits per heavy atom. The van der Waals surface area contributed by atoms with Crippen LogP contribution in [0.4, 0.5) is 0 Å². The summed E-state index contributed by atoms with van der Waals surface area (Å²) in [4.78, 5) is 10.6. The molecule has 0 aromatic carbocycles. The van der Waals surface area contributed by atoms with Gasteiger partial charge in [0.25, 0.3) is 0 Å². The van der Waals surface area contributed by atoms with Crippen LogP contribution in [0.5, 0.6) is 0 Å². The summed E-state index contributed by atoms with van der Waals surface area (Å²) >= 11 is 0. The van der Waals surface area contributed by atoms with Gasteiger partial charge in [-0.2, -0.15) is 0 Å². The van der Waals surface area contributed by atoms with E-state index in [-0.39, 0.29) is 12.2 Å². The fourth-order valence-electron chi connectivity index (χ4n) is 1.56. The average molecular weight is 184 g/mol. The van der Waals surface area contributed by atoms with Crippen LogP contribution in [0.3, 0.4) is 0 Å². The van der Waals surface area contributed by atoms with Crippen molar-refractivity contribution in [3.05, 3.63) is 12.7 Å². The predicted octanol–water partition coefficient (Wildman–Crippen LogP) is 1.67. The summed E-state index contributed by atoms with van der Waals surface area (Å²) in [6, 6.07) is 0. The van der Waals surface area contributed by atoms with E-state index in [1.54, 1.807) is 6.08 Å². The van der Waals surface area contributed by atoms with Crippen molar-refractivity contribution in [1.82, 2.24) is 0 Å². The highest BCUT2D eigenvalue weighted by Gasteiger charge is 2.34. The predicted molar refractivity (Wildman–Crippen MR) is 49.3 cm³/mol. The fourth-order valence-corrected chi connectivity index (χ4v) is 1.56. The second-order valence-electron chi connectivity index (χ2n) is 3.69. The molecule has 0 saturated carbocycles. The summed E-state index contributed by atoms with van der Waals surface area (Å²) in [5, 5.41) is 0. The summed E-state index contributed by atoms with van der Waals surface area (Å²) in [7, 11) is 0. The Hall–Kier alpha value is -0.670. The van der Waals surface area contributed by atoms with E-state index in [0.29, 0.717) is 6.42 Å². The quantitative estimate of drug-likeness (QED) is 0.494. The van der Waals surface area contributed by atoms with Gasteiger partial charge in [0.05, 0.1) is 6.10 Å². The van der Waals surface area contributed by atoms with Gasteiger partial charge >= 0.3 is 0 Å². The molecule has 0 aromatic heterocycles. The van der Waals surface area contributed by atoms with Gasteiger partial charge in [-0.05, 0) is 20.3 Å². The molecule has 1 heterocycles. The highest BCUT2D eigenvalue weighted by Crippen LogP contribution is 2.27. The van der Waals surface area contributed by atoms with E-state index in [4.69, 9.17) is 9.47 Å². The van der Waals surface area contributed by atoms with E-state index in [2.05, 4.69) is 6.58 Å². The van der Waals surface area contributed by atoms with Crippen molar-refractivity contribution < 1.29 is 14.3 Å². The van der Waals surface area contributed by atoms with Crippen LogP contribution in [-0.2, 0) is 14.3 Å². The third kappa shape index (κ3) is 2.94. The highest BCUT2D eigenvalue weighted by molar-refractivity contribution is 5.56. The number of aldehydes is 1. The van der Waals surface area contributed by atoms with Gasteiger partial charge in [-0.1, -0.05) is 6.08 Å². The number of hydrogen-bond donors (Lipinski definition) is 0. The average Bonchev–Trinajstić information content (AvgIpc) is 2.02. The molecule has 0 amide bonds. The smallest absolute Gasteiger partial charge is 0.164 e. The maximum absolute atomic E-state index is 10.6. The first-order valence-electron chi connectivity index (χ1n) is 4.49. The van der Waals surface area contributed by atoms with Crippen LogP contribution in [0.15, 0.2) is 12.7 Å². The molecular formula is C10H16O3. The first-order chi connectivity index (χ1) is 6.07. The normalized spacial score (nSPS) is 32.5. The van der Waals surface area contributed by atoms with Crippen molar-refractivity contribution in [2.45, 2.75) is 44.7 Å². The van der Waals surface area contributed by atoms with Gasteiger partial charge in [-0.15, -0.1) is 6.58 Å². The zero-order chi connectivity index (χ0) is 9.90. The lowest BCUT2D eigenvalue weighted by molar-refractivity contribution is -0.290. The Labute approximate surface area is 78.7 Å². The number of ether oxygens (including phenoxy) is 2. The fraction of sp³-hybridized carbons (Fsp3) is 0.700. The molecule has 1 aliphatic rings. The molecule has 0 radical (unpaired) electrons. The van der Waals surface area contributed by atoms with E-state index >= 15 is 0 Å². The zero-order valence-corrected chi connectivity index (χ0v) is 8.16. The summed E-state index contributed by atoms with van der Waals surface area (Å²) in [6.45, 7) is 7.28. The minimum absolute atomic E-state index is 0.0523. The molecular weight excluding hydrogens is 168 g/mol. The number of carbonyl (C=O) groups is 1. The number of carbonyl (C=O) groups excluding carboxylic acids is 1. The Morgan fingerprint density at radius 2 is 2.23 bits per heavy atom. The molecule has 1 aliphatic heterocycles. The third-order valence-electron chi connectivity index (χ3n) is 1.96. The van der Waals surface area contributed by atoms with Gasteiger partial charge in [-0.25, -0.2) is 0 Å². The van der Waals surface area contributed by atoms with Crippen LogP contribution >= 0.6 is 0 Å². The second kappa shape index (κ2) is 4.03. The van der Waals surface area contributed by atoms with Crippen LogP contribution in [0.25, 0.3) is 0 Å². The Balaban J connectivity index is 2.59.